The third-order valence-electron chi connectivity index (χ3n) is 10.4. The molecule has 0 aliphatic carbocycles. The van der Waals surface area contributed by atoms with Crippen molar-refractivity contribution in [2.75, 3.05) is 33.4 Å². The van der Waals surface area contributed by atoms with Gasteiger partial charge in [0, 0.05) is 26.3 Å². The molecule has 1 fully saturated rings. The van der Waals surface area contributed by atoms with Gasteiger partial charge in [-0.3, -0.25) is 0 Å². The molecule has 3 nitrogen and oxygen atoms in total. The maximum Gasteiger partial charge on any atom is 0.0975 e. The minimum Gasteiger partial charge on any atom is -0.374 e. The van der Waals surface area contributed by atoms with E-state index >= 15 is 0 Å². The Bertz CT molecular complexity index is 620. The van der Waals surface area contributed by atoms with Crippen LogP contribution in [-0.4, -0.2) is 50.5 Å². The van der Waals surface area contributed by atoms with E-state index in [1.165, 1.54) is 205 Å². The molecule has 2 atom stereocenters. The predicted octanol–water partition coefficient (Wildman–Crippen LogP) is 14.3. The van der Waals surface area contributed by atoms with E-state index < -0.39 is 0 Å². The summed E-state index contributed by atoms with van der Waals surface area (Å²) in [6.07, 6.45) is 54.0. The first-order valence-electron chi connectivity index (χ1n) is 22.0. The van der Waals surface area contributed by atoms with Gasteiger partial charge in [0.25, 0.3) is 0 Å². The van der Waals surface area contributed by atoms with Crippen molar-refractivity contribution in [3.05, 3.63) is 24.3 Å². The minimum absolute atomic E-state index is 0.264. The van der Waals surface area contributed by atoms with Gasteiger partial charge in [-0.15, -0.1) is 0 Å². The summed E-state index contributed by atoms with van der Waals surface area (Å²) in [4.78, 5) is 2.38. The zero-order chi connectivity index (χ0) is 34.4. The normalized spacial score (nSPS) is 17.1. The maximum absolute atomic E-state index is 6.33. The second kappa shape index (κ2) is 37.6. The highest BCUT2D eigenvalue weighted by Gasteiger charge is 2.32. The van der Waals surface area contributed by atoms with Crippen LogP contribution in [0.4, 0.5) is 0 Å². The molecule has 0 aromatic heterocycles. The van der Waals surface area contributed by atoms with E-state index in [-0.39, 0.29) is 12.2 Å². The Morgan fingerprint density at radius 1 is 0.375 bits per heavy atom. The van der Waals surface area contributed by atoms with Gasteiger partial charge >= 0.3 is 0 Å². The van der Waals surface area contributed by atoms with Crippen molar-refractivity contribution < 1.29 is 9.47 Å². The number of hydrogen-bond acceptors (Lipinski definition) is 3. The molecule has 1 unspecified atom stereocenters. The van der Waals surface area contributed by atoms with Crippen LogP contribution in [0.2, 0.25) is 0 Å². The van der Waals surface area contributed by atoms with Crippen LogP contribution in [0.5, 0.6) is 0 Å². The Morgan fingerprint density at radius 3 is 0.917 bits per heavy atom. The summed E-state index contributed by atoms with van der Waals surface area (Å²) < 4.78 is 12.7. The fraction of sp³-hybridized carbons (Fsp3) is 0.911. The van der Waals surface area contributed by atoms with Gasteiger partial charge in [0.05, 0.1) is 12.2 Å². The number of allylic oxidation sites excluding steroid dienone is 4. The molecule has 1 rings (SSSR count). The van der Waals surface area contributed by atoms with Crippen molar-refractivity contribution in [3.63, 3.8) is 0 Å². The molecular formula is C45H87NO2. The largest absolute Gasteiger partial charge is 0.374 e. The maximum atomic E-state index is 6.33. The lowest BCUT2D eigenvalue weighted by Crippen LogP contribution is -2.30. The van der Waals surface area contributed by atoms with Crippen LogP contribution in [0, 0.1) is 0 Å². The number of unbranched alkanes of at least 4 members (excludes halogenated alkanes) is 28. The Labute approximate surface area is 302 Å². The monoisotopic (exact) mass is 674 g/mol. The molecule has 3 heteroatoms. The highest BCUT2D eigenvalue weighted by molar-refractivity contribution is 4.85. The minimum atomic E-state index is 0.264. The lowest BCUT2D eigenvalue weighted by Gasteiger charge is -2.20. The Morgan fingerprint density at radius 2 is 0.625 bits per heavy atom. The van der Waals surface area contributed by atoms with Gasteiger partial charge < -0.3 is 14.4 Å². The first-order valence-corrected chi connectivity index (χ1v) is 22.0. The van der Waals surface area contributed by atoms with E-state index in [2.05, 4.69) is 50.1 Å². The number of hydrogen-bond donors (Lipinski definition) is 0. The molecule has 1 heterocycles. The van der Waals surface area contributed by atoms with Gasteiger partial charge in [-0.05, 0) is 71.3 Å². The lowest BCUT2D eigenvalue weighted by atomic mass is 10.1. The van der Waals surface area contributed by atoms with E-state index in [0.717, 1.165) is 26.3 Å². The quantitative estimate of drug-likeness (QED) is 0.0481. The van der Waals surface area contributed by atoms with Gasteiger partial charge in [0.2, 0.25) is 0 Å². The van der Waals surface area contributed by atoms with Crippen molar-refractivity contribution in [1.82, 2.24) is 4.90 Å². The van der Waals surface area contributed by atoms with E-state index in [1.807, 2.05) is 0 Å². The average Bonchev–Trinajstić information content (AvgIpc) is 3.45. The van der Waals surface area contributed by atoms with Gasteiger partial charge in [-0.25, -0.2) is 0 Å². The van der Waals surface area contributed by atoms with Crippen LogP contribution in [0.15, 0.2) is 24.3 Å². The van der Waals surface area contributed by atoms with Crippen LogP contribution in [0.1, 0.15) is 219 Å². The van der Waals surface area contributed by atoms with Gasteiger partial charge in [0.15, 0.2) is 0 Å². The molecule has 0 radical (unpaired) electrons. The predicted molar refractivity (Wildman–Crippen MR) is 214 cm³/mol. The number of likely N-dealkylation sites (N-methyl/N-ethyl adjacent to an activating group) is 1. The van der Waals surface area contributed by atoms with E-state index in [4.69, 9.17) is 9.47 Å². The molecule has 0 aromatic rings. The number of rotatable bonds is 38. The summed E-state index contributed by atoms with van der Waals surface area (Å²) in [7, 11) is 2.21. The van der Waals surface area contributed by atoms with Crippen molar-refractivity contribution in [2.24, 2.45) is 0 Å². The van der Waals surface area contributed by atoms with Gasteiger partial charge in [-0.1, -0.05) is 179 Å². The first kappa shape index (κ1) is 45.4. The highest BCUT2D eigenvalue weighted by Crippen LogP contribution is 2.18. The molecule has 0 amide bonds. The van der Waals surface area contributed by atoms with Crippen LogP contribution >= 0.6 is 0 Å². The third kappa shape index (κ3) is 31.3. The summed E-state index contributed by atoms with van der Waals surface area (Å²) in [6, 6.07) is 0. The van der Waals surface area contributed by atoms with E-state index in [9.17, 15) is 0 Å². The van der Waals surface area contributed by atoms with Gasteiger partial charge in [0.1, 0.15) is 0 Å². The van der Waals surface area contributed by atoms with E-state index in [1.54, 1.807) is 0 Å². The third-order valence-corrected chi connectivity index (χ3v) is 10.4. The van der Waals surface area contributed by atoms with Crippen LogP contribution in [-0.2, 0) is 9.47 Å². The highest BCUT2D eigenvalue weighted by atomic mass is 16.5. The Kier molecular flexibility index (Phi) is 35.6. The van der Waals surface area contributed by atoms with Crippen LogP contribution in [0.3, 0.4) is 0 Å². The molecule has 1 aliphatic heterocycles. The molecule has 48 heavy (non-hydrogen) atoms. The zero-order valence-corrected chi connectivity index (χ0v) is 33.2. The van der Waals surface area contributed by atoms with Crippen molar-refractivity contribution in [2.45, 2.75) is 232 Å². The molecule has 0 saturated carbocycles. The first-order chi connectivity index (χ1) is 23.8. The summed E-state index contributed by atoms with van der Waals surface area (Å²) in [5.41, 5.74) is 0. The average molecular weight is 674 g/mol. The summed E-state index contributed by atoms with van der Waals surface area (Å²) in [5, 5.41) is 0. The topological polar surface area (TPSA) is 21.7 Å². The SMILES string of the molecule is CCCCCCCCC=CCCCCCCCCCCOC1CN(C)C[C@H]1OCCCCCCCCCCC=CCCCCCCCC. The van der Waals surface area contributed by atoms with Gasteiger partial charge in [-0.2, -0.15) is 0 Å². The zero-order valence-electron chi connectivity index (χ0n) is 33.2. The standard InChI is InChI=1S/C45H87NO2/c1-4-6-8-10-12-14-16-18-20-22-24-26-28-30-32-34-36-38-40-47-44-42-46(3)43-45(44)48-41-39-37-35-33-31-29-27-25-23-21-19-17-15-13-11-9-7-5-2/h18-21,44-45H,4-17,22-43H2,1-3H3/t44-,45?/m1/s1. The van der Waals surface area contributed by atoms with Crippen molar-refractivity contribution in [3.8, 4) is 0 Å². The fourth-order valence-electron chi connectivity index (χ4n) is 7.12. The van der Waals surface area contributed by atoms with Crippen LogP contribution in [0.25, 0.3) is 0 Å². The van der Waals surface area contributed by atoms with Crippen molar-refractivity contribution >= 4 is 0 Å². The molecule has 1 saturated heterocycles. The second-order valence-electron chi connectivity index (χ2n) is 15.3. The molecule has 1 aliphatic rings. The van der Waals surface area contributed by atoms with Crippen molar-refractivity contribution in [1.29, 1.82) is 0 Å². The molecule has 0 N–H and O–H groups in total. The number of nitrogens with zero attached hydrogens (tertiary/aromatic N) is 1. The second-order valence-corrected chi connectivity index (χ2v) is 15.3. The molecule has 0 bridgehead atoms. The summed E-state index contributed by atoms with van der Waals surface area (Å²) >= 11 is 0. The fourth-order valence-corrected chi connectivity index (χ4v) is 7.12. The van der Waals surface area contributed by atoms with E-state index in [0.29, 0.717) is 0 Å². The molecule has 284 valence electrons. The lowest BCUT2D eigenvalue weighted by molar-refractivity contribution is -0.0481. The molecule has 0 spiro atoms. The molecular weight excluding hydrogens is 587 g/mol. The number of ether oxygens (including phenoxy) is 2. The van der Waals surface area contributed by atoms with Crippen LogP contribution < -0.4 is 0 Å². The Balaban J connectivity index is 1.84. The Hall–Kier alpha value is -0.640. The summed E-state index contributed by atoms with van der Waals surface area (Å²) in [5.74, 6) is 0. The summed E-state index contributed by atoms with van der Waals surface area (Å²) in [6.45, 7) is 8.43. The number of likely N-dealkylation sites (tertiary alicyclic amines) is 1. The molecule has 0 aromatic carbocycles. The smallest absolute Gasteiger partial charge is 0.0975 e.